The Kier molecular flexibility index (Phi) is 4.78. The highest BCUT2D eigenvalue weighted by Crippen LogP contribution is 2.41. The molecule has 0 aromatic heterocycles. The van der Waals surface area contributed by atoms with Crippen LogP contribution < -0.4 is 4.74 Å². The molecule has 0 saturated carbocycles. The van der Waals surface area contributed by atoms with Crippen molar-refractivity contribution in [1.82, 2.24) is 9.80 Å². The third-order valence-electron chi connectivity index (χ3n) is 5.57. The fraction of sp³-hybridized carbons (Fsp3) is 0.579. The second-order valence-electron chi connectivity index (χ2n) is 6.82. The van der Waals surface area contributed by atoms with Crippen molar-refractivity contribution in [3.05, 3.63) is 29.8 Å². The van der Waals surface area contributed by atoms with E-state index in [0.717, 1.165) is 43.7 Å². The summed E-state index contributed by atoms with van der Waals surface area (Å²) in [7, 11) is 1.63. The predicted molar refractivity (Wildman–Crippen MR) is 91.8 cm³/mol. The minimum atomic E-state index is -0.201. The Labute approximate surface area is 143 Å². The summed E-state index contributed by atoms with van der Waals surface area (Å²) in [5, 5.41) is 0. The van der Waals surface area contributed by atoms with Crippen LogP contribution in [-0.4, -0.2) is 54.9 Å². The second kappa shape index (κ2) is 6.83. The number of methoxy groups -OCH3 is 1. The van der Waals surface area contributed by atoms with Crippen LogP contribution in [-0.2, 0) is 16.0 Å². The largest absolute Gasteiger partial charge is 0.497 e. The van der Waals surface area contributed by atoms with Crippen LogP contribution in [0.1, 0.15) is 31.7 Å². The SMILES string of the molecule is CCN1CCC2(CCN(C(=O)Cc3ccc(OC)cc3)CC2)C1=O. The highest BCUT2D eigenvalue weighted by molar-refractivity contribution is 5.85. The Morgan fingerprint density at radius 1 is 1.12 bits per heavy atom. The minimum absolute atomic E-state index is 0.146. The number of carbonyl (C=O) groups is 2. The number of nitrogens with zero attached hydrogens (tertiary/aromatic N) is 2. The average molecular weight is 330 g/mol. The van der Waals surface area contributed by atoms with Gasteiger partial charge in [0.15, 0.2) is 0 Å². The van der Waals surface area contributed by atoms with Gasteiger partial charge in [-0.2, -0.15) is 0 Å². The maximum atomic E-state index is 12.6. The lowest BCUT2D eigenvalue weighted by Crippen LogP contribution is -2.47. The van der Waals surface area contributed by atoms with E-state index in [-0.39, 0.29) is 11.3 Å². The summed E-state index contributed by atoms with van der Waals surface area (Å²) in [5.41, 5.74) is 0.794. The lowest BCUT2D eigenvalue weighted by atomic mass is 9.77. The normalized spacial score (nSPS) is 19.8. The van der Waals surface area contributed by atoms with E-state index in [1.807, 2.05) is 41.0 Å². The zero-order valence-electron chi connectivity index (χ0n) is 14.6. The van der Waals surface area contributed by atoms with E-state index in [4.69, 9.17) is 4.74 Å². The van der Waals surface area contributed by atoms with Crippen LogP contribution in [0.15, 0.2) is 24.3 Å². The van der Waals surface area contributed by atoms with E-state index < -0.39 is 0 Å². The molecule has 2 amide bonds. The second-order valence-corrected chi connectivity index (χ2v) is 6.82. The predicted octanol–water partition coefficient (Wildman–Crippen LogP) is 2.10. The van der Waals surface area contributed by atoms with Crippen molar-refractivity contribution < 1.29 is 14.3 Å². The van der Waals surface area contributed by atoms with E-state index in [2.05, 4.69) is 0 Å². The maximum Gasteiger partial charge on any atom is 0.228 e. The summed E-state index contributed by atoms with van der Waals surface area (Å²) < 4.78 is 5.14. The number of hydrogen-bond donors (Lipinski definition) is 0. The van der Waals surface area contributed by atoms with Crippen molar-refractivity contribution in [2.75, 3.05) is 33.3 Å². The van der Waals surface area contributed by atoms with E-state index in [1.165, 1.54) is 0 Å². The Hall–Kier alpha value is -2.04. The smallest absolute Gasteiger partial charge is 0.228 e. The Morgan fingerprint density at radius 3 is 2.29 bits per heavy atom. The van der Waals surface area contributed by atoms with Gasteiger partial charge in [0.25, 0.3) is 0 Å². The highest BCUT2D eigenvalue weighted by atomic mass is 16.5. The quantitative estimate of drug-likeness (QED) is 0.849. The van der Waals surface area contributed by atoms with Crippen molar-refractivity contribution in [3.8, 4) is 5.75 Å². The standard InChI is InChI=1S/C19H26N2O3/c1-3-20-11-8-19(18(20)23)9-12-21(13-10-19)17(22)14-15-4-6-16(24-2)7-5-15/h4-7H,3,8-14H2,1-2H3. The van der Waals surface area contributed by atoms with Gasteiger partial charge in [0.2, 0.25) is 11.8 Å². The Morgan fingerprint density at radius 2 is 1.75 bits per heavy atom. The zero-order valence-corrected chi connectivity index (χ0v) is 14.6. The molecule has 5 nitrogen and oxygen atoms in total. The first-order chi connectivity index (χ1) is 11.6. The molecule has 1 aromatic rings. The van der Waals surface area contributed by atoms with Crippen LogP contribution in [0.2, 0.25) is 0 Å². The van der Waals surface area contributed by atoms with Crippen LogP contribution in [0.25, 0.3) is 0 Å². The molecule has 24 heavy (non-hydrogen) atoms. The van der Waals surface area contributed by atoms with Crippen LogP contribution in [0, 0.1) is 5.41 Å². The van der Waals surface area contributed by atoms with Crippen LogP contribution >= 0.6 is 0 Å². The Bertz CT molecular complexity index is 604. The van der Waals surface area contributed by atoms with Crippen LogP contribution in [0.3, 0.4) is 0 Å². The summed E-state index contributed by atoms with van der Waals surface area (Å²) in [6, 6.07) is 7.62. The topological polar surface area (TPSA) is 49.9 Å². The summed E-state index contributed by atoms with van der Waals surface area (Å²) in [6.45, 7) is 5.08. The van der Waals surface area contributed by atoms with Gasteiger partial charge in [0.1, 0.15) is 5.75 Å². The van der Waals surface area contributed by atoms with Gasteiger partial charge in [-0.25, -0.2) is 0 Å². The molecule has 3 rings (SSSR count). The molecule has 2 fully saturated rings. The molecule has 1 spiro atoms. The summed E-state index contributed by atoms with van der Waals surface area (Å²) >= 11 is 0. The molecule has 0 bridgehead atoms. The summed E-state index contributed by atoms with van der Waals surface area (Å²) in [5.74, 6) is 1.24. The van der Waals surface area contributed by atoms with Gasteiger partial charge >= 0.3 is 0 Å². The number of hydrogen-bond acceptors (Lipinski definition) is 3. The molecule has 130 valence electrons. The molecule has 2 saturated heterocycles. The first kappa shape index (κ1) is 16.8. The van der Waals surface area contributed by atoms with E-state index in [9.17, 15) is 9.59 Å². The molecular formula is C19H26N2O3. The van der Waals surface area contributed by atoms with Crippen molar-refractivity contribution in [2.45, 2.75) is 32.6 Å². The van der Waals surface area contributed by atoms with Crippen molar-refractivity contribution in [2.24, 2.45) is 5.41 Å². The molecule has 0 unspecified atom stereocenters. The minimum Gasteiger partial charge on any atom is -0.497 e. The van der Waals surface area contributed by atoms with Gasteiger partial charge in [-0.15, -0.1) is 0 Å². The number of piperidine rings is 1. The van der Waals surface area contributed by atoms with Crippen molar-refractivity contribution in [1.29, 1.82) is 0 Å². The average Bonchev–Trinajstić information content (AvgIpc) is 2.92. The molecular weight excluding hydrogens is 304 g/mol. The van der Waals surface area contributed by atoms with Crippen molar-refractivity contribution in [3.63, 3.8) is 0 Å². The number of benzene rings is 1. The third-order valence-corrected chi connectivity index (χ3v) is 5.57. The third kappa shape index (κ3) is 3.12. The lowest BCUT2D eigenvalue weighted by Gasteiger charge is -2.38. The number of carbonyl (C=O) groups excluding carboxylic acids is 2. The van der Waals surface area contributed by atoms with Gasteiger partial charge in [0, 0.05) is 26.2 Å². The van der Waals surface area contributed by atoms with E-state index >= 15 is 0 Å². The molecule has 2 aliphatic rings. The van der Waals surface area contributed by atoms with Gasteiger partial charge in [-0.3, -0.25) is 9.59 Å². The number of likely N-dealkylation sites (tertiary alicyclic amines) is 2. The molecule has 2 heterocycles. The monoisotopic (exact) mass is 330 g/mol. The number of rotatable bonds is 4. The molecule has 2 aliphatic heterocycles. The van der Waals surface area contributed by atoms with Gasteiger partial charge in [0.05, 0.1) is 18.9 Å². The molecule has 5 heteroatoms. The zero-order chi connectivity index (χ0) is 17.2. The number of amides is 2. The van der Waals surface area contributed by atoms with Gasteiger partial charge in [-0.05, 0) is 43.9 Å². The number of ether oxygens (including phenoxy) is 1. The van der Waals surface area contributed by atoms with E-state index in [0.29, 0.717) is 25.4 Å². The van der Waals surface area contributed by atoms with Gasteiger partial charge in [-0.1, -0.05) is 12.1 Å². The molecule has 1 aromatic carbocycles. The fourth-order valence-corrected chi connectivity index (χ4v) is 3.87. The highest BCUT2D eigenvalue weighted by Gasteiger charge is 2.47. The summed E-state index contributed by atoms with van der Waals surface area (Å²) in [6.07, 6.45) is 2.96. The molecule has 0 radical (unpaired) electrons. The van der Waals surface area contributed by atoms with Crippen molar-refractivity contribution >= 4 is 11.8 Å². The van der Waals surface area contributed by atoms with Gasteiger partial charge < -0.3 is 14.5 Å². The van der Waals surface area contributed by atoms with Crippen LogP contribution in [0.4, 0.5) is 0 Å². The molecule has 0 N–H and O–H groups in total. The summed E-state index contributed by atoms with van der Waals surface area (Å²) in [4.78, 5) is 28.9. The van der Waals surface area contributed by atoms with E-state index in [1.54, 1.807) is 7.11 Å². The molecule has 0 aliphatic carbocycles. The first-order valence-corrected chi connectivity index (χ1v) is 8.78. The maximum absolute atomic E-state index is 12.6. The fourth-order valence-electron chi connectivity index (χ4n) is 3.87. The Balaban J connectivity index is 1.56. The lowest BCUT2D eigenvalue weighted by molar-refractivity contribution is -0.142. The first-order valence-electron chi connectivity index (χ1n) is 8.78. The van der Waals surface area contributed by atoms with Crippen LogP contribution in [0.5, 0.6) is 5.75 Å². The molecule has 0 atom stereocenters.